The largest absolute Gasteiger partial charge is 0.480 e. The van der Waals surface area contributed by atoms with Gasteiger partial charge in [0, 0.05) is 31.0 Å². The van der Waals surface area contributed by atoms with Crippen LogP contribution >= 0.6 is 11.6 Å². The molecule has 0 fully saturated rings. The number of ether oxygens (including phenoxy) is 1. The molecule has 23 heavy (non-hydrogen) atoms. The molecule has 1 aromatic heterocycles. The maximum absolute atomic E-state index is 12.7. The van der Waals surface area contributed by atoms with Gasteiger partial charge in [0.2, 0.25) is 0 Å². The molecule has 0 aliphatic carbocycles. The van der Waals surface area contributed by atoms with E-state index in [1.54, 1.807) is 17.0 Å². The van der Waals surface area contributed by atoms with Gasteiger partial charge in [0.1, 0.15) is 11.6 Å². The molecule has 2 N–H and O–H groups in total. The summed E-state index contributed by atoms with van der Waals surface area (Å²) in [5, 5.41) is 8.61. The van der Waals surface area contributed by atoms with Crippen LogP contribution in [0.5, 0.6) is 5.75 Å². The Bertz CT molecular complexity index is 796. The highest BCUT2D eigenvalue weighted by atomic mass is 35.5. The van der Waals surface area contributed by atoms with Crippen LogP contribution in [0.1, 0.15) is 16.8 Å². The van der Waals surface area contributed by atoms with Crippen molar-refractivity contribution in [1.29, 1.82) is 0 Å². The molecule has 2 aromatic rings. The van der Waals surface area contributed by atoms with Crippen LogP contribution in [-0.4, -0.2) is 33.7 Å². The normalized spacial score (nSPS) is 19.0. The summed E-state index contributed by atoms with van der Waals surface area (Å²) in [7, 11) is 0. The van der Waals surface area contributed by atoms with Crippen molar-refractivity contribution in [2.45, 2.75) is 25.5 Å². The van der Waals surface area contributed by atoms with Crippen molar-refractivity contribution in [1.82, 2.24) is 15.1 Å². The lowest BCUT2D eigenvalue weighted by Gasteiger charge is -2.29. The van der Waals surface area contributed by atoms with Gasteiger partial charge in [0.05, 0.1) is 5.69 Å². The van der Waals surface area contributed by atoms with Gasteiger partial charge in [0.25, 0.3) is 5.91 Å². The Morgan fingerprint density at radius 3 is 3.04 bits per heavy atom. The van der Waals surface area contributed by atoms with Crippen molar-refractivity contribution in [2.75, 3.05) is 12.3 Å². The fraction of sp³-hybridized carbons (Fsp3) is 0.312. The number of amides is 1. The lowest BCUT2D eigenvalue weighted by Crippen LogP contribution is -2.44. The zero-order valence-electron chi connectivity index (χ0n) is 12.3. The zero-order valence-corrected chi connectivity index (χ0v) is 13.1. The summed E-state index contributed by atoms with van der Waals surface area (Å²) in [6.45, 7) is 1.10. The van der Waals surface area contributed by atoms with E-state index in [2.05, 4.69) is 10.2 Å². The highest BCUT2D eigenvalue weighted by Crippen LogP contribution is 2.32. The monoisotopic (exact) mass is 330 g/mol. The van der Waals surface area contributed by atoms with Crippen LogP contribution in [0, 0.1) is 0 Å². The van der Waals surface area contributed by atoms with E-state index in [4.69, 9.17) is 22.1 Å². The molecule has 7 heteroatoms. The summed E-state index contributed by atoms with van der Waals surface area (Å²) >= 11 is 5.99. The fourth-order valence-electron chi connectivity index (χ4n) is 3.09. The van der Waals surface area contributed by atoms with Gasteiger partial charge in [-0.2, -0.15) is 5.10 Å². The molecular weight excluding hydrogens is 316 g/mol. The van der Waals surface area contributed by atoms with Gasteiger partial charge in [-0.1, -0.05) is 11.6 Å². The summed E-state index contributed by atoms with van der Waals surface area (Å²) in [6.07, 6.45) is 0.742. The number of nitrogens with two attached hydrogens (primary N) is 1. The summed E-state index contributed by atoms with van der Waals surface area (Å²) in [5.74, 6) is 1.09. The lowest BCUT2D eigenvalue weighted by atomic mass is 10.0. The predicted molar refractivity (Wildman–Crippen MR) is 85.1 cm³/mol. The number of rotatable bonds is 1. The Hall–Kier alpha value is -2.34. The van der Waals surface area contributed by atoms with Crippen LogP contribution in [0.4, 0.5) is 5.82 Å². The van der Waals surface area contributed by atoms with Gasteiger partial charge in [-0.3, -0.25) is 4.79 Å². The van der Waals surface area contributed by atoms with Crippen LogP contribution in [-0.2, 0) is 24.2 Å². The predicted octanol–water partition coefficient (Wildman–Crippen LogP) is 1.60. The molecular formula is C16H15ClN4O2. The summed E-state index contributed by atoms with van der Waals surface area (Å²) in [6, 6.07) is 7.22. The molecule has 0 saturated carbocycles. The minimum absolute atomic E-state index is 0.0154. The van der Waals surface area contributed by atoms with E-state index in [0.717, 1.165) is 22.6 Å². The first-order valence-electron chi connectivity index (χ1n) is 7.45. The molecule has 6 nitrogen and oxygen atoms in total. The van der Waals surface area contributed by atoms with Crippen molar-refractivity contribution in [3.8, 4) is 5.75 Å². The molecule has 2 aliphatic rings. The highest BCUT2D eigenvalue weighted by molar-refractivity contribution is 6.30. The van der Waals surface area contributed by atoms with Crippen LogP contribution in [0.2, 0.25) is 5.02 Å². The molecule has 0 radical (unpaired) electrons. The number of aromatic nitrogens is 2. The highest BCUT2D eigenvalue weighted by Gasteiger charge is 2.34. The van der Waals surface area contributed by atoms with E-state index in [0.29, 0.717) is 36.8 Å². The molecule has 118 valence electrons. The summed E-state index contributed by atoms with van der Waals surface area (Å²) in [4.78, 5) is 14.5. The van der Waals surface area contributed by atoms with Gasteiger partial charge in [0.15, 0.2) is 6.10 Å². The molecule has 0 saturated heterocycles. The van der Waals surface area contributed by atoms with Crippen LogP contribution in [0.3, 0.4) is 0 Å². The maximum Gasteiger partial charge on any atom is 0.264 e. The molecule has 0 unspecified atom stereocenters. The van der Waals surface area contributed by atoms with Crippen LogP contribution in [0.25, 0.3) is 0 Å². The van der Waals surface area contributed by atoms with E-state index in [1.165, 1.54) is 0 Å². The van der Waals surface area contributed by atoms with E-state index in [-0.39, 0.29) is 5.91 Å². The first kappa shape index (κ1) is 14.3. The summed E-state index contributed by atoms with van der Waals surface area (Å²) < 4.78 is 5.79. The first-order valence-corrected chi connectivity index (χ1v) is 7.83. The van der Waals surface area contributed by atoms with E-state index in [9.17, 15) is 4.79 Å². The van der Waals surface area contributed by atoms with Crippen molar-refractivity contribution < 1.29 is 9.53 Å². The smallest absolute Gasteiger partial charge is 0.264 e. The molecule has 1 aromatic carbocycles. The molecule has 1 atom stereocenters. The van der Waals surface area contributed by atoms with Gasteiger partial charge < -0.3 is 15.4 Å². The molecule has 0 spiro atoms. The number of nitrogen functional groups attached to an aromatic ring is 1. The molecule has 1 amide bonds. The second-order valence-corrected chi connectivity index (χ2v) is 6.25. The fourth-order valence-corrected chi connectivity index (χ4v) is 3.29. The lowest BCUT2D eigenvalue weighted by molar-refractivity contribution is -0.138. The topological polar surface area (TPSA) is 81.3 Å². The van der Waals surface area contributed by atoms with Gasteiger partial charge in [-0.25, -0.2) is 0 Å². The van der Waals surface area contributed by atoms with Crippen molar-refractivity contribution in [3.05, 3.63) is 46.1 Å². The Morgan fingerprint density at radius 2 is 2.17 bits per heavy atom. The number of halogens is 1. The number of carbonyl (C=O) groups is 1. The van der Waals surface area contributed by atoms with Gasteiger partial charge >= 0.3 is 0 Å². The van der Waals surface area contributed by atoms with Crippen LogP contribution < -0.4 is 10.5 Å². The van der Waals surface area contributed by atoms with Crippen LogP contribution in [0.15, 0.2) is 24.3 Å². The second kappa shape index (κ2) is 5.38. The van der Waals surface area contributed by atoms with Gasteiger partial charge in [-0.15, -0.1) is 5.10 Å². The average Bonchev–Trinajstić information content (AvgIpc) is 2.96. The third-order valence-corrected chi connectivity index (χ3v) is 4.48. The number of fused-ring (bicyclic) bond motifs is 2. The zero-order chi connectivity index (χ0) is 16.0. The third kappa shape index (κ3) is 2.59. The third-order valence-electron chi connectivity index (χ3n) is 4.24. The number of hydrogen-bond acceptors (Lipinski definition) is 5. The molecule has 3 heterocycles. The Labute approximate surface area is 138 Å². The standard InChI is InChI=1S/C16H15ClN4O2/c17-11-1-2-13-9(5-11)6-14(23-13)16(22)21-4-3-12-10(8-21)7-15(18)20-19-12/h1-2,5,7,14H,3-4,6,8H2,(H2,18,20)/t14-/m0/s1. The van der Waals surface area contributed by atoms with E-state index < -0.39 is 6.10 Å². The second-order valence-electron chi connectivity index (χ2n) is 5.81. The van der Waals surface area contributed by atoms with Crippen molar-refractivity contribution in [3.63, 3.8) is 0 Å². The number of benzene rings is 1. The Morgan fingerprint density at radius 1 is 1.30 bits per heavy atom. The SMILES string of the molecule is Nc1cc2c(nn1)CCN(C(=O)[C@@H]1Cc3cc(Cl)ccc3O1)C2. The first-order chi connectivity index (χ1) is 11.1. The quantitative estimate of drug-likeness (QED) is 0.859. The van der Waals surface area contributed by atoms with Gasteiger partial charge in [-0.05, 0) is 35.4 Å². The number of anilines is 1. The Kier molecular flexibility index (Phi) is 3.34. The molecule has 0 bridgehead atoms. The maximum atomic E-state index is 12.7. The minimum Gasteiger partial charge on any atom is -0.480 e. The summed E-state index contributed by atoms with van der Waals surface area (Å²) in [5.41, 5.74) is 8.52. The molecule has 4 rings (SSSR count). The average molecular weight is 331 g/mol. The number of nitrogens with zero attached hydrogens (tertiary/aromatic N) is 3. The minimum atomic E-state index is -0.489. The number of carbonyl (C=O) groups excluding carboxylic acids is 1. The van der Waals surface area contributed by atoms with E-state index in [1.807, 2.05) is 12.1 Å². The van der Waals surface area contributed by atoms with Crippen molar-refractivity contribution in [2.24, 2.45) is 0 Å². The number of hydrogen-bond donors (Lipinski definition) is 1. The Balaban J connectivity index is 1.51. The van der Waals surface area contributed by atoms with Crippen molar-refractivity contribution >= 4 is 23.3 Å². The molecule has 2 aliphatic heterocycles. The van der Waals surface area contributed by atoms with E-state index >= 15 is 0 Å².